The van der Waals surface area contributed by atoms with Crippen molar-refractivity contribution in [2.45, 2.75) is 30.4 Å². The predicted molar refractivity (Wildman–Crippen MR) is 98.0 cm³/mol. The molecule has 1 amide bonds. The van der Waals surface area contributed by atoms with Gasteiger partial charge in [0.25, 0.3) is 0 Å². The Hall–Kier alpha value is -2.95. The van der Waals surface area contributed by atoms with Gasteiger partial charge in [0.2, 0.25) is 11.1 Å². The van der Waals surface area contributed by atoms with E-state index in [0.29, 0.717) is 17.1 Å². The van der Waals surface area contributed by atoms with Gasteiger partial charge in [0.05, 0.1) is 28.3 Å². The third kappa shape index (κ3) is 3.98. The summed E-state index contributed by atoms with van der Waals surface area (Å²) in [6.45, 7) is 3.28. The summed E-state index contributed by atoms with van der Waals surface area (Å²) in [5, 5.41) is 9.71. The van der Waals surface area contributed by atoms with E-state index in [4.69, 9.17) is 10.3 Å². The van der Waals surface area contributed by atoms with Gasteiger partial charge in [0.15, 0.2) is 5.82 Å². The molecule has 0 saturated heterocycles. The van der Waals surface area contributed by atoms with E-state index >= 15 is 0 Å². The molecule has 148 valence electrons. The molecular weight excluding hydrogens is 395 g/mol. The average molecular weight is 411 g/mol. The number of nitrogens with two attached hydrogens (primary N) is 1. The molecule has 0 spiro atoms. The van der Waals surface area contributed by atoms with Gasteiger partial charge in [0.1, 0.15) is 5.76 Å². The van der Waals surface area contributed by atoms with E-state index in [0.717, 1.165) is 17.8 Å². The van der Waals surface area contributed by atoms with Crippen LogP contribution in [0.4, 0.5) is 18.9 Å². The number of nitrogen functional groups attached to an aromatic ring is 1. The van der Waals surface area contributed by atoms with Gasteiger partial charge in [-0.3, -0.25) is 4.79 Å². The average Bonchev–Trinajstić information content (AvgIpc) is 3.20. The summed E-state index contributed by atoms with van der Waals surface area (Å²) in [4.78, 5) is 12.4. The second-order valence-electron chi connectivity index (χ2n) is 5.86. The minimum Gasteiger partial charge on any atom is -0.469 e. The molecule has 0 bridgehead atoms. The summed E-state index contributed by atoms with van der Waals surface area (Å²) in [5.41, 5.74) is -0.574. The number of alkyl halides is 3. The van der Waals surface area contributed by atoms with Crippen molar-refractivity contribution in [2.75, 3.05) is 11.2 Å². The van der Waals surface area contributed by atoms with Crippen molar-refractivity contribution in [3.8, 4) is 11.4 Å². The zero-order valence-electron chi connectivity index (χ0n) is 14.8. The Balaban J connectivity index is 1.74. The summed E-state index contributed by atoms with van der Waals surface area (Å²) in [7, 11) is 0. The first-order valence-electron chi connectivity index (χ1n) is 8.07. The monoisotopic (exact) mass is 411 g/mol. The predicted octanol–water partition coefficient (Wildman–Crippen LogP) is 3.70. The minimum absolute atomic E-state index is 0.238. The highest BCUT2D eigenvalue weighted by atomic mass is 32.2. The quantitative estimate of drug-likeness (QED) is 0.491. The molecule has 7 nitrogen and oxygen atoms in total. The van der Waals surface area contributed by atoms with Crippen molar-refractivity contribution < 1.29 is 22.4 Å². The molecule has 0 aliphatic carbocycles. The fourth-order valence-electron chi connectivity index (χ4n) is 2.44. The van der Waals surface area contributed by atoms with Gasteiger partial charge >= 0.3 is 6.18 Å². The number of rotatable bonds is 5. The molecule has 28 heavy (non-hydrogen) atoms. The highest BCUT2D eigenvalue weighted by Gasteiger charge is 2.34. The van der Waals surface area contributed by atoms with Crippen LogP contribution in [-0.4, -0.2) is 26.0 Å². The molecule has 0 radical (unpaired) electrons. The van der Waals surface area contributed by atoms with Crippen molar-refractivity contribution >= 4 is 23.4 Å². The SMILES string of the molecule is Cc1occc1-c1nnc(SC(C)C(=O)Nc2ccccc2C(F)(F)F)n1N. The van der Waals surface area contributed by atoms with E-state index in [9.17, 15) is 18.0 Å². The van der Waals surface area contributed by atoms with Crippen LogP contribution in [0.2, 0.25) is 0 Å². The second kappa shape index (κ2) is 7.58. The number of aromatic nitrogens is 3. The Kier molecular flexibility index (Phi) is 5.36. The standard InChI is InChI=1S/C17H16F3N5O2S/c1-9-11(7-8-27-9)14-23-24-16(25(14)21)28-10(2)15(26)22-13-6-4-3-5-12(13)17(18,19)20/h3-8,10H,21H2,1-2H3,(H,22,26). The summed E-state index contributed by atoms with van der Waals surface area (Å²) >= 11 is 0.975. The molecule has 3 N–H and O–H groups in total. The fraction of sp³-hybridized carbons (Fsp3) is 0.235. The van der Waals surface area contributed by atoms with Crippen LogP contribution in [-0.2, 0) is 11.0 Å². The van der Waals surface area contributed by atoms with Gasteiger partial charge in [-0.25, -0.2) is 4.68 Å². The number of anilines is 1. The Morgan fingerprint density at radius 1 is 1.29 bits per heavy atom. The number of thioether (sulfide) groups is 1. The normalized spacial score (nSPS) is 12.8. The molecule has 1 aromatic carbocycles. The van der Waals surface area contributed by atoms with Crippen LogP contribution >= 0.6 is 11.8 Å². The third-order valence-corrected chi connectivity index (χ3v) is 4.96. The topological polar surface area (TPSA) is 99.0 Å². The zero-order chi connectivity index (χ0) is 20.5. The molecule has 2 heterocycles. The Bertz CT molecular complexity index is 999. The van der Waals surface area contributed by atoms with Gasteiger partial charge in [-0.15, -0.1) is 10.2 Å². The molecule has 3 aromatic rings. The number of nitrogens with zero attached hydrogens (tertiary/aromatic N) is 3. The molecule has 0 aliphatic rings. The number of para-hydroxylation sites is 1. The molecular formula is C17H16F3N5O2S. The van der Waals surface area contributed by atoms with E-state index in [-0.39, 0.29) is 10.8 Å². The number of hydrogen-bond acceptors (Lipinski definition) is 6. The molecule has 0 saturated carbocycles. The number of amides is 1. The highest BCUT2D eigenvalue weighted by molar-refractivity contribution is 8.00. The van der Waals surface area contributed by atoms with Gasteiger partial charge < -0.3 is 15.6 Å². The van der Waals surface area contributed by atoms with Crippen LogP contribution < -0.4 is 11.2 Å². The smallest absolute Gasteiger partial charge is 0.418 e. The number of nitrogens with one attached hydrogen (secondary N) is 1. The zero-order valence-corrected chi connectivity index (χ0v) is 15.6. The Morgan fingerprint density at radius 2 is 2.00 bits per heavy atom. The van der Waals surface area contributed by atoms with E-state index in [1.54, 1.807) is 13.0 Å². The molecule has 3 rings (SSSR count). The van der Waals surface area contributed by atoms with Crippen molar-refractivity contribution in [1.29, 1.82) is 0 Å². The molecule has 0 fully saturated rings. The molecule has 0 aliphatic heterocycles. The van der Waals surface area contributed by atoms with Gasteiger partial charge in [-0.05, 0) is 32.0 Å². The lowest BCUT2D eigenvalue weighted by molar-refractivity contribution is -0.137. The maximum absolute atomic E-state index is 13.1. The summed E-state index contributed by atoms with van der Waals surface area (Å²) < 4.78 is 45.6. The van der Waals surface area contributed by atoms with Crippen LogP contribution in [0, 0.1) is 6.92 Å². The molecule has 1 atom stereocenters. The van der Waals surface area contributed by atoms with Gasteiger partial charge in [0, 0.05) is 0 Å². The lowest BCUT2D eigenvalue weighted by Gasteiger charge is -2.15. The van der Waals surface area contributed by atoms with Crippen LogP contribution in [0.1, 0.15) is 18.2 Å². The van der Waals surface area contributed by atoms with Crippen LogP contribution in [0.25, 0.3) is 11.4 Å². The van der Waals surface area contributed by atoms with Gasteiger partial charge in [-0.2, -0.15) is 13.2 Å². The van der Waals surface area contributed by atoms with E-state index in [1.807, 2.05) is 0 Å². The molecule has 2 aromatic heterocycles. The maximum Gasteiger partial charge on any atom is 0.418 e. The minimum atomic E-state index is -4.57. The Labute approximate surface area is 162 Å². The van der Waals surface area contributed by atoms with E-state index < -0.39 is 22.9 Å². The maximum atomic E-state index is 13.1. The third-order valence-electron chi connectivity index (χ3n) is 3.91. The molecule has 1 unspecified atom stereocenters. The summed E-state index contributed by atoms with van der Waals surface area (Å²) in [6.07, 6.45) is -3.09. The number of aryl methyl sites for hydroxylation is 1. The van der Waals surface area contributed by atoms with Crippen molar-refractivity contribution in [1.82, 2.24) is 14.9 Å². The van der Waals surface area contributed by atoms with Crippen LogP contribution in [0.15, 0.2) is 46.2 Å². The fourth-order valence-corrected chi connectivity index (χ4v) is 3.21. The number of furan rings is 1. The molecule has 11 heteroatoms. The largest absolute Gasteiger partial charge is 0.469 e. The van der Waals surface area contributed by atoms with Crippen LogP contribution in [0.3, 0.4) is 0 Å². The first-order valence-corrected chi connectivity index (χ1v) is 8.95. The lowest BCUT2D eigenvalue weighted by Crippen LogP contribution is -2.25. The first-order chi connectivity index (χ1) is 13.2. The second-order valence-corrected chi connectivity index (χ2v) is 7.17. The number of benzene rings is 1. The van der Waals surface area contributed by atoms with E-state index in [1.165, 1.54) is 36.1 Å². The Morgan fingerprint density at radius 3 is 2.64 bits per heavy atom. The van der Waals surface area contributed by atoms with Crippen molar-refractivity contribution in [3.05, 3.63) is 47.9 Å². The lowest BCUT2D eigenvalue weighted by atomic mass is 10.1. The number of halogens is 3. The number of carbonyl (C=O) groups excluding carboxylic acids is 1. The van der Waals surface area contributed by atoms with Crippen LogP contribution in [0.5, 0.6) is 0 Å². The summed E-state index contributed by atoms with van der Waals surface area (Å²) in [5.74, 6) is 6.33. The van der Waals surface area contributed by atoms with E-state index in [2.05, 4.69) is 15.5 Å². The van der Waals surface area contributed by atoms with Crippen molar-refractivity contribution in [2.24, 2.45) is 0 Å². The van der Waals surface area contributed by atoms with Gasteiger partial charge in [-0.1, -0.05) is 23.9 Å². The highest BCUT2D eigenvalue weighted by Crippen LogP contribution is 2.35. The first kappa shape index (κ1) is 19.8. The number of carbonyl (C=O) groups is 1. The van der Waals surface area contributed by atoms with Crippen molar-refractivity contribution in [3.63, 3.8) is 0 Å². The number of hydrogen-bond donors (Lipinski definition) is 2. The summed E-state index contributed by atoms with van der Waals surface area (Å²) in [6, 6.07) is 6.46.